The van der Waals surface area contributed by atoms with Gasteiger partial charge in [-0.05, 0) is 38.0 Å². The lowest BCUT2D eigenvalue weighted by Gasteiger charge is -2.35. The molecule has 2 saturated heterocycles. The van der Waals surface area contributed by atoms with Gasteiger partial charge in [0.2, 0.25) is 0 Å². The Kier molecular flexibility index (Phi) is 4.99. The van der Waals surface area contributed by atoms with Crippen molar-refractivity contribution in [3.63, 3.8) is 0 Å². The molecule has 126 valence electrons. The molecule has 0 aliphatic carbocycles. The molecule has 2 aliphatic heterocycles. The summed E-state index contributed by atoms with van der Waals surface area (Å²) in [6.07, 6.45) is 1.45. The third-order valence-electron chi connectivity index (χ3n) is 4.61. The van der Waals surface area contributed by atoms with Crippen molar-refractivity contribution in [1.82, 2.24) is 9.80 Å². The predicted octanol–water partition coefficient (Wildman–Crippen LogP) is 1.47. The van der Waals surface area contributed by atoms with Crippen LogP contribution >= 0.6 is 0 Å². The second-order valence-electron chi connectivity index (χ2n) is 6.95. The molecule has 0 radical (unpaired) electrons. The molecule has 0 aromatic heterocycles. The van der Waals surface area contributed by atoms with E-state index in [2.05, 4.69) is 30.9 Å². The lowest BCUT2D eigenvalue weighted by molar-refractivity contribution is -0.0704. The van der Waals surface area contributed by atoms with Gasteiger partial charge < -0.3 is 15.4 Å². The zero-order valence-electron chi connectivity index (χ0n) is 14.1. The molecule has 0 unspecified atom stereocenters. The SMILES string of the molecule is C[C@H]1CN(Cc2ccc(C(=O)N3CC[C@@H](N)C3)cc2)C[C@H](C)O1. The van der Waals surface area contributed by atoms with E-state index in [1.54, 1.807) is 0 Å². The highest BCUT2D eigenvalue weighted by molar-refractivity contribution is 5.94. The van der Waals surface area contributed by atoms with Crippen molar-refractivity contribution in [3.8, 4) is 0 Å². The van der Waals surface area contributed by atoms with Crippen LogP contribution in [0.4, 0.5) is 0 Å². The number of ether oxygens (including phenoxy) is 1. The first kappa shape index (κ1) is 16.4. The number of carbonyl (C=O) groups is 1. The summed E-state index contributed by atoms with van der Waals surface area (Å²) >= 11 is 0. The molecule has 0 saturated carbocycles. The summed E-state index contributed by atoms with van der Waals surface area (Å²) < 4.78 is 5.77. The number of amides is 1. The Balaban J connectivity index is 1.59. The number of nitrogens with zero attached hydrogens (tertiary/aromatic N) is 2. The highest BCUT2D eigenvalue weighted by atomic mass is 16.5. The number of nitrogens with two attached hydrogens (primary N) is 1. The van der Waals surface area contributed by atoms with E-state index in [0.29, 0.717) is 6.54 Å². The van der Waals surface area contributed by atoms with Gasteiger partial charge >= 0.3 is 0 Å². The van der Waals surface area contributed by atoms with Crippen LogP contribution in [0.5, 0.6) is 0 Å². The Hall–Kier alpha value is -1.43. The smallest absolute Gasteiger partial charge is 0.253 e. The molecule has 1 aromatic rings. The predicted molar refractivity (Wildman–Crippen MR) is 90.2 cm³/mol. The minimum Gasteiger partial charge on any atom is -0.373 e. The molecular weight excluding hydrogens is 290 g/mol. The number of likely N-dealkylation sites (tertiary alicyclic amines) is 1. The van der Waals surface area contributed by atoms with Crippen molar-refractivity contribution in [2.45, 2.75) is 45.1 Å². The molecule has 5 nitrogen and oxygen atoms in total. The van der Waals surface area contributed by atoms with Crippen molar-refractivity contribution >= 4 is 5.91 Å². The maximum Gasteiger partial charge on any atom is 0.253 e. The van der Waals surface area contributed by atoms with Crippen molar-refractivity contribution in [2.75, 3.05) is 26.2 Å². The van der Waals surface area contributed by atoms with E-state index in [4.69, 9.17) is 10.5 Å². The molecule has 2 fully saturated rings. The third kappa shape index (κ3) is 4.10. The lowest BCUT2D eigenvalue weighted by atomic mass is 10.1. The van der Waals surface area contributed by atoms with Gasteiger partial charge in [0.05, 0.1) is 12.2 Å². The van der Waals surface area contributed by atoms with Gasteiger partial charge in [0.25, 0.3) is 5.91 Å². The van der Waals surface area contributed by atoms with E-state index in [0.717, 1.165) is 38.2 Å². The van der Waals surface area contributed by atoms with Gasteiger partial charge in [-0.2, -0.15) is 0 Å². The summed E-state index contributed by atoms with van der Waals surface area (Å²) in [7, 11) is 0. The highest BCUT2D eigenvalue weighted by Crippen LogP contribution is 2.16. The number of morpholine rings is 1. The molecule has 5 heteroatoms. The van der Waals surface area contributed by atoms with E-state index in [-0.39, 0.29) is 24.2 Å². The molecule has 1 aromatic carbocycles. The van der Waals surface area contributed by atoms with Gasteiger partial charge in [0.1, 0.15) is 0 Å². The van der Waals surface area contributed by atoms with Crippen LogP contribution in [-0.2, 0) is 11.3 Å². The van der Waals surface area contributed by atoms with Crippen molar-refractivity contribution < 1.29 is 9.53 Å². The zero-order chi connectivity index (χ0) is 16.4. The molecule has 23 heavy (non-hydrogen) atoms. The molecule has 3 atom stereocenters. The van der Waals surface area contributed by atoms with Crippen LogP contribution in [0.2, 0.25) is 0 Å². The second kappa shape index (κ2) is 6.99. The fourth-order valence-corrected chi connectivity index (χ4v) is 3.58. The molecule has 2 heterocycles. The standard InChI is InChI=1S/C18H27N3O2/c1-13-9-20(10-14(2)23-13)11-15-3-5-16(6-4-15)18(22)21-8-7-17(19)12-21/h3-6,13-14,17H,7-12,19H2,1-2H3/t13-,14-,17+/m0/s1. The van der Waals surface area contributed by atoms with Gasteiger partial charge in [-0.25, -0.2) is 0 Å². The number of hydrogen-bond acceptors (Lipinski definition) is 4. The van der Waals surface area contributed by atoms with Crippen LogP contribution in [-0.4, -0.2) is 60.1 Å². The minimum atomic E-state index is 0.0955. The maximum absolute atomic E-state index is 12.4. The number of rotatable bonds is 3. The largest absolute Gasteiger partial charge is 0.373 e. The monoisotopic (exact) mass is 317 g/mol. The Labute approximate surface area is 138 Å². The van der Waals surface area contributed by atoms with Crippen LogP contribution in [0.1, 0.15) is 36.2 Å². The van der Waals surface area contributed by atoms with Crippen LogP contribution in [0.3, 0.4) is 0 Å². The van der Waals surface area contributed by atoms with E-state index >= 15 is 0 Å². The van der Waals surface area contributed by atoms with Gasteiger partial charge in [-0.15, -0.1) is 0 Å². The summed E-state index contributed by atoms with van der Waals surface area (Å²) in [6.45, 7) is 8.49. The number of hydrogen-bond donors (Lipinski definition) is 1. The fraction of sp³-hybridized carbons (Fsp3) is 0.611. The molecule has 2 N–H and O–H groups in total. The Bertz CT molecular complexity index is 536. The summed E-state index contributed by atoms with van der Waals surface area (Å²) in [5.74, 6) is 0.0955. The van der Waals surface area contributed by atoms with Crippen LogP contribution in [0.25, 0.3) is 0 Å². The average Bonchev–Trinajstić information content (AvgIpc) is 2.93. The van der Waals surface area contributed by atoms with Crippen molar-refractivity contribution in [3.05, 3.63) is 35.4 Å². The number of benzene rings is 1. The first-order valence-electron chi connectivity index (χ1n) is 8.53. The highest BCUT2D eigenvalue weighted by Gasteiger charge is 2.25. The van der Waals surface area contributed by atoms with Crippen LogP contribution in [0.15, 0.2) is 24.3 Å². The zero-order valence-corrected chi connectivity index (χ0v) is 14.1. The quantitative estimate of drug-likeness (QED) is 0.917. The Morgan fingerprint density at radius 3 is 2.39 bits per heavy atom. The van der Waals surface area contributed by atoms with E-state index in [9.17, 15) is 4.79 Å². The van der Waals surface area contributed by atoms with E-state index in [1.807, 2.05) is 17.0 Å². The third-order valence-corrected chi connectivity index (χ3v) is 4.61. The molecule has 3 rings (SSSR count). The van der Waals surface area contributed by atoms with Crippen LogP contribution in [0, 0.1) is 0 Å². The van der Waals surface area contributed by atoms with Gasteiger partial charge in [0.15, 0.2) is 0 Å². The molecule has 0 spiro atoms. The molecule has 0 bridgehead atoms. The molecule has 1 amide bonds. The fourth-order valence-electron chi connectivity index (χ4n) is 3.58. The Morgan fingerprint density at radius 2 is 1.83 bits per heavy atom. The topological polar surface area (TPSA) is 58.8 Å². The average molecular weight is 317 g/mol. The lowest BCUT2D eigenvalue weighted by Crippen LogP contribution is -2.44. The molecule has 2 aliphatic rings. The summed E-state index contributed by atoms with van der Waals surface area (Å²) in [5, 5.41) is 0. The van der Waals surface area contributed by atoms with Crippen molar-refractivity contribution in [2.24, 2.45) is 5.73 Å². The van der Waals surface area contributed by atoms with E-state index in [1.165, 1.54) is 5.56 Å². The first-order valence-corrected chi connectivity index (χ1v) is 8.53. The summed E-state index contributed by atoms with van der Waals surface area (Å²) in [5.41, 5.74) is 7.88. The summed E-state index contributed by atoms with van der Waals surface area (Å²) in [6, 6.07) is 8.13. The van der Waals surface area contributed by atoms with Gasteiger partial charge in [0, 0.05) is 44.3 Å². The second-order valence-corrected chi connectivity index (χ2v) is 6.95. The van der Waals surface area contributed by atoms with Gasteiger partial charge in [-0.1, -0.05) is 12.1 Å². The van der Waals surface area contributed by atoms with Crippen LogP contribution < -0.4 is 5.73 Å². The van der Waals surface area contributed by atoms with E-state index < -0.39 is 0 Å². The first-order chi connectivity index (χ1) is 11.0. The summed E-state index contributed by atoms with van der Waals surface area (Å²) in [4.78, 5) is 16.7. The molecular formula is C18H27N3O2. The van der Waals surface area contributed by atoms with Gasteiger partial charge in [-0.3, -0.25) is 9.69 Å². The number of carbonyl (C=O) groups excluding carboxylic acids is 1. The van der Waals surface area contributed by atoms with Crippen molar-refractivity contribution in [1.29, 1.82) is 0 Å². The maximum atomic E-state index is 12.4. The minimum absolute atomic E-state index is 0.0955. The Morgan fingerprint density at radius 1 is 1.17 bits per heavy atom. The normalized spacial score (nSPS) is 29.0.